The first-order valence-corrected chi connectivity index (χ1v) is 14.3. The fourth-order valence-electron chi connectivity index (χ4n) is 6.64. The summed E-state index contributed by atoms with van der Waals surface area (Å²) >= 11 is 0. The second-order valence-corrected chi connectivity index (χ2v) is 11.0. The minimum atomic E-state index is 0.864. The first-order chi connectivity index (χ1) is 20.8. The Balaban J connectivity index is 1.42. The van der Waals surface area contributed by atoms with Gasteiger partial charge < -0.3 is 13.7 Å². The molecule has 0 fully saturated rings. The first kappa shape index (κ1) is 23.2. The van der Waals surface area contributed by atoms with Crippen LogP contribution in [0.2, 0.25) is 0 Å². The van der Waals surface area contributed by atoms with Crippen molar-refractivity contribution in [1.82, 2.24) is 0 Å². The van der Waals surface area contributed by atoms with Gasteiger partial charge in [-0.2, -0.15) is 0 Å². The molecule has 0 radical (unpaired) electrons. The highest BCUT2D eigenvalue weighted by Gasteiger charge is 2.23. The standard InChI is InChI=1S/C39H25NO2/c1-24-11-9-18-30-31-19-10-20-33(39(31)42-37(24)30)40(26-13-3-2-4-14-26)34-23-35-36(29-17-8-7-16-28(29)34)32-22-21-25-12-5-6-15-27(25)38(32)41-35/h2-23H,1H3. The van der Waals surface area contributed by atoms with Gasteiger partial charge in [-0.15, -0.1) is 0 Å². The van der Waals surface area contributed by atoms with E-state index >= 15 is 0 Å². The monoisotopic (exact) mass is 539 g/mol. The second-order valence-electron chi connectivity index (χ2n) is 11.0. The molecule has 3 heteroatoms. The third kappa shape index (κ3) is 3.22. The molecule has 0 saturated carbocycles. The zero-order valence-electron chi connectivity index (χ0n) is 23.0. The van der Waals surface area contributed by atoms with Crippen LogP contribution in [0.5, 0.6) is 0 Å². The van der Waals surface area contributed by atoms with E-state index in [2.05, 4.69) is 145 Å². The summed E-state index contributed by atoms with van der Waals surface area (Å²) in [6.07, 6.45) is 0. The van der Waals surface area contributed by atoms with Crippen LogP contribution in [-0.2, 0) is 0 Å². The van der Waals surface area contributed by atoms with Gasteiger partial charge in [0.05, 0.1) is 11.4 Å². The minimum absolute atomic E-state index is 0.864. The van der Waals surface area contributed by atoms with E-state index in [1.165, 1.54) is 5.39 Å². The Bertz CT molecular complexity index is 2480. The summed E-state index contributed by atoms with van der Waals surface area (Å²) in [5, 5.41) is 9.11. The third-order valence-electron chi connectivity index (χ3n) is 8.54. The molecule has 3 nitrogen and oxygen atoms in total. The molecule has 0 aliphatic heterocycles. The summed E-state index contributed by atoms with van der Waals surface area (Å²) in [6.45, 7) is 2.10. The number of anilines is 3. The van der Waals surface area contributed by atoms with Crippen molar-refractivity contribution in [2.24, 2.45) is 0 Å². The number of fused-ring (bicyclic) bond motifs is 10. The number of aryl methyl sites for hydroxylation is 1. The van der Waals surface area contributed by atoms with Crippen molar-refractivity contribution in [3.05, 3.63) is 139 Å². The van der Waals surface area contributed by atoms with E-state index in [4.69, 9.17) is 8.83 Å². The summed E-state index contributed by atoms with van der Waals surface area (Å²) in [6, 6.07) is 47.0. The van der Waals surface area contributed by atoms with Crippen LogP contribution in [0.4, 0.5) is 17.1 Å². The summed E-state index contributed by atoms with van der Waals surface area (Å²) in [5.41, 5.74) is 7.78. The lowest BCUT2D eigenvalue weighted by Gasteiger charge is -2.27. The predicted molar refractivity (Wildman–Crippen MR) is 175 cm³/mol. The molecule has 42 heavy (non-hydrogen) atoms. The molecule has 0 saturated heterocycles. The maximum atomic E-state index is 6.74. The molecule has 0 bridgehead atoms. The average Bonchev–Trinajstić information content (AvgIpc) is 3.62. The molecule has 2 heterocycles. The number of nitrogens with zero attached hydrogens (tertiary/aromatic N) is 1. The van der Waals surface area contributed by atoms with Crippen LogP contribution in [-0.4, -0.2) is 0 Å². The van der Waals surface area contributed by atoms with Gasteiger partial charge in [0.15, 0.2) is 5.58 Å². The SMILES string of the molecule is Cc1cccc2c1oc1c(N(c3ccccc3)c3cc4oc5c6ccccc6ccc5c4c4ccccc34)cccc12. The summed E-state index contributed by atoms with van der Waals surface area (Å²) in [5.74, 6) is 0. The maximum absolute atomic E-state index is 6.74. The van der Waals surface area contributed by atoms with Crippen LogP contribution in [0.15, 0.2) is 142 Å². The number of rotatable bonds is 3. The zero-order chi connectivity index (χ0) is 27.8. The highest BCUT2D eigenvalue weighted by molar-refractivity contribution is 6.26. The topological polar surface area (TPSA) is 29.5 Å². The molecule has 0 unspecified atom stereocenters. The van der Waals surface area contributed by atoms with Crippen LogP contribution >= 0.6 is 0 Å². The normalized spacial score (nSPS) is 11.9. The van der Waals surface area contributed by atoms with Gasteiger partial charge >= 0.3 is 0 Å². The van der Waals surface area contributed by atoms with Crippen LogP contribution in [0.1, 0.15) is 5.56 Å². The van der Waals surface area contributed by atoms with Crippen molar-refractivity contribution in [1.29, 1.82) is 0 Å². The van der Waals surface area contributed by atoms with Crippen LogP contribution < -0.4 is 4.90 Å². The van der Waals surface area contributed by atoms with Gasteiger partial charge in [0.1, 0.15) is 16.7 Å². The quantitative estimate of drug-likeness (QED) is 0.224. The van der Waals surface area contributed by atoms with Gasteiger partial charge in [0, 0.05) is 44.1 Å². The summed E-state index contributed by atoms with van der Waals surface area (Å²) < 4.78 is 13.4. The zero-order valence-corrected chi connectivity index (χ0v) is 23.0. The molecule has 7 aromatic carbocycles. The molecular formula is C39H25NO2. The summed E-state index contributed by atoms with van der Waals surface area (Å²) in [4.78, 5) is 2.31. The third-order valence-corrected chi connectivity index (χ3v) is 8.54. The van der Waals surface area contributed by atoms with E-state index in [-0.39, 0.29) is 0 Å². The largest absolute Gasteiger partial charge is 0.455 e. The van der Waals surface area contributed by atoms with Gasteiger partial charge in [-0.25, -0.2) is 0 Å². The average molecular weight is 540 g/mol. The minimum Gasteiger partial charge on any atom is -0.455 e. The van der Waals surface area contributed by atoms with Gasteiger partial charge in [-0.1, -0.05) is 103 Å². The highest BCUT2D eigenvalue weighted by Crippen LogP contribution is 2.47. The Kier molecular flexibility index (Phi) is 4.82. The van der Waals surface area contributed by atoms with Gasteiger partial charge in [0.25, 0.3) is 0 Å². The van der Waals surface area contributed by atoms with E-state index in [1.54, 1.807) is 0 Å². The number of benzene rings is 7. The summed E-state index contributed by atoms with van der Waals surface area (Å²) in [7, 11) is 0. The fourth-order valence-corrected chi connectivity index (χ4v) is 6.64. The lowest BCUT2D eigenvalue weighted by molar-refractivity contribution is 0.665. The fraction of sp³-hybridized carbons (Fsp3) is 0.0256. The van der Waals surface area contributed by atoms with E-state index < -0.39 is 0 Å². The lowest BCUT2D eigenvalue weighted by atomic mass is 9.99. The molecular weight excluding hydrogens is 514 g/mol. The number of hydrogen-bond acceptors (Lipinski definition) is 3. The van der Waals surface area contributed by atoms with Gasteiger partial charge in [-0.3, -0.25) is 0 Å². The van der Waals surface area contributed by atoms with Crippen LogP contribution in [0.25, 0.3) is 65.4 Å². The Hall–Kier alpha value is -5.54. The predicted octanol–water partition coefficient (Wildman–Crippen LogP) is 11.6. The van der Waals surface area contributed by atoms with Crippen LogP contribution in [0, 0.1) is 6.92 Å². The number of para-hydroxylation sites is 3. The van der Waals surface area contributed by atoms with E-state index in [9.17, 15) is 0 Å². The van der Waals surface area contributed by atoms with Crippen molar-refractivity contribution < 1.29 is 8.83 Å². The van der Waals surface area contributed by atoms with Crippen molar-refractivity contribution in [2.45, 2.75) is 6.92 Å². The van der Waals surface area contributed by atoms with E-state index in [1.807, 2.05) is 0 Å². The molecule has 0 spiro atoms. The second kappa shape index (κ2) is 8.73. The van der Waals surface area contributed by atoms with Crippen molar-refractivity contribution in [3.8, 4) is 0 Å². The van der Waals surface area contributed by atoms with Gasteiger partial charge in [0.2, 0.25) is 0 Å². The van der Waals surface area contributed by atoms with Gasteiger partial charge in [-0.05, 0) is 47.5 Å². The maximum Gasteiger partial charge on any atom is 0.159 e. The Labute approximate surface area is 241 Å². The smallest absolute Gasteiger partial charge is 0.159 e. The molecule has 0 aliphatic carbocycles. The molecule has 2 aromatic heterocycles. The van der Waals surface area contributed by atoms with Crippen LogP contribution in [0.3, 0.4) is 0 Å². The van der Waals surface area contributed by atoms with Crippen molar-refractivity contribution >= 4 is 82.5 Å². The molecule has 9 rings (SSSR count). The first-order valence-electron chi connectivity index (χ1n) is 14.3. The molecule has 198 valence electrons. The Morgan fingerprint density at radius 3 is 2.00 bits per heavy atom. The number of furan rings is 2. The number of hydrogen-bond donors (Lipinski definition) is 0. The van der Waals surface area contributed by atoms with E-state index in [0.717, 1.165) is 82.7 Å². The van der Waals surface area contributed by atoms with Crippen molar-refractivity contribution in [2.75, 3.05) is 4.90 Å². The lowest BCUT2D eigenvalue weighted by Crippen LogP contribution is -2.10. The molecule has 9 aromatic rings. The molecule has 0 amide bonds. The Morgan fingerprint density at radius 1 is 0.452 bits per heavy atom. The van der Waals surface area contributed by atoms with E-state index in [0.29, 0.717) is 0 Å². The molecule has 0 N–H and O–H groups in total. The molecule has 0 aliphatic rings. The molecule has 0 atom stereocenters. The Morgan fingerprint density at radius 2 is 1.14 bits per heavy atom. The highest BCUT2D eigenvalue weighted by atomic mass is 16.3. The van der Waals surface area contributed by atoms with Crippen molar-refractivity contribution in [3.63, 3.8) is 0 Å².